The minimum absolute atomic E-state index is 0.172. The molecule has 2 fully saturated rings. The number of carbonyl (C=O) groups is 2. The molecule has 5 rings (SSSR count). The van der Waals surface area contributed by atoms with Crippen molar-refractivity contribution >= 4 is 11.8 Å². The average Bonchev–Trinajstić information content (AvgIpc) is 3.88. The standard InChI is InChI=1S/C33H40FN3O4/c1-3-8-26-29-30(26)32(40)37-27(28(38)20-36-33(11-12-33)23-10-7-9-21(4-2)15-23)18-22-16-24(34)19-25(17-22)41-14-6-5-13-35-31(29)39/h1,7,9-10,15-17,19,26-30,36,38H,4-6,8,11-14,18,20H2,2H3,(H,35,39)(H,37,40). The van der Waals surface area contributed by atoms with E-state index in [0.29, 0.717) is 43.7 Å². The van der Waals surface area contributed by atoms with Gasteiger partial charge in [0.25, 0.3) is 0 Å². The lowest BCUT2D eigenvalue weighted by molar-refractivity contribution is -0.128. The SMILES string of the molecule is C#CCC1C2C(=O)NCCCCOc3cc(F)cc(c3)CC(C(O)CNC3(c4cccc(CC)c4)CC3)NC(=O)C12. The quantitative estimate of drug-likeness (QED) is 0.389. The molecule has 3 aliphatic rings. The molecule has 5 atom stereocenters. The lowest BCUT2D eigenvalue weighted by Gasteiger charge is -2.28. The predicted octanol–water partition coefficient (Wildman–Crippen LogP) is 3.23. The van der Waals surface area contributed by atoms with Gasteiger partial charge in [-0.15, -0.1) is 12.3 Å². The third-order valence-electron chi connectivity index (χ3n) is 8.73. The van der Waals surface area contributed by atoms with Crippen molar-refractivity contribution in [3.8, 4) is 18.1 Å². The number of terminal acetylenes is 1. The van der Waals surface area contributed by atoms with Crippen LogP contribution in [-0.2, 0) is 28.0 Å². The molecule has 2 aromatic carbocycles. The molecule has 2 aliphatic carbocycles. The van der Waals surface area contributed by atoms with E-state index in [1.807, 2.05) is 0 Å². The van der Waals surface area contributed by atoms with Crippen LogP contribution >= 0.6 is 0 Å². The lowest BCUT2D eigenvalue weighted by Crippen LogP contribution is -2.50. The number of ether oxygens (including phenoxy) is 1. The second kappa shape index (κ2) is 12.6. The maximum Gasteiger partial charge on any atom is 0.224 e. The van der Waals surface area contributed by atoms with Crippen LogP contribution in [0.1, 0.15) is 55.7 Å². The Bertz CT molecular complexity index is 1300. The predicted molar refractivity (Wildman–Crippen MR) is 154 cm³/mol. The number of benzene rings is 2. The highest BCUT2D eigenvalue weighted by molar-refractivity contribution is 5.93. The van der Waals surface area contributed by atoms with Gasteiger partial charge in [0.15, 0.2) is 0 Å². The molecular weight excluding hydrogens is 521 g/mol. The number of hydrogen-bond acceptors (Lipinski definition) is 5. The van der Waals surface area contributed by atoms with Crippen molar-refractivity contribution in [2.75, 3.05) is 19.7 Å². The molecule has 0 radical (unpaired) electrons. The lowest BCUT2D eigenvalue weighted by atomic mass is 9.98. The third-order valence-corrected chi connectivity index (χ3v) is 8.73. The van der Waals surface area contributed by atoms with Crippen molar-refractivity contribution in [3.63, 3.8) is 0 Å². The summed E-state index contributed by atoms with van der Waals surface area (Å²) in [7, 11) is 0. The highest BCUT2D eigenvalue weighted by atomic mass is 19.1. The number of aryl methyl sites for hydroxylation is 1. The molecule has 2 saturated carbocycles. The van der Waals surface area contributed by atoms with E-state index in [9.17, 15) is 19.1 Å². The van der Waals surface area contributed by atoms with E-state index in [2.05, 4.69) is 53.1 Å². The Balaban J connectivity index is 1.36. The van der Waals surface area contributed by atoms with Gasteiger partial charge in [0, 0.05) is 31.1 Å². The van der Waals surface area contributed by atoms with Gasteiger partial charge in [-0.1, -0.05) is 31.2 Å². The Morgan fingerprint density at radius 3 is 2.73 bits per heavy atom. The van der Waals surface area contributed by atoms with E-state index in [1.165, 1.54) is 23.3 Å². The molecule has 0 spiro atoms. The summed E-state index contributed by atoms with van der Waals surface area (Å²) < 4.78 is 20.3. The Labute approximate surface area is 241 Å². The molecular formula is C33H40FN3O4. The molecule has 2 aromatic rings. The molecule has 7 nitrogen and oxygen atoms in total. The fraction of sp³-hybridized carbons (Fsp3) is 0.515. The van der Waals surface area contributed by atoms with Crippen LogP contribution in [0.25, 0.3) is 0 Å². The smallest absolute Gasteiger partial charge is 0.224 e. The number of hydrogen-bond donors (Lipinski definition) is 4. The van der Waals surface area contributed by atoms with Gasteiger partial charge in [-0.05, 0) is 73.3 Å². The molecule has 0 saturated heterocycles. The van der Waals surface area contributed by atoms with Crippen molar-refractivity contribution in [3.05, 3.63) is 65.0 Å². The van der Waals surface area contributed by atoms with Gasteiger partial charge in [-0.2, -0.15) is 0 Å². The second-order valence-corrected chi connectivity index (χ2v) is 11.7. The molecule has 41 heavy (non-hydrogen) atoms. The molecule has 2 bridgehead atoms. The first-order chi connectivity index (χ1) is 19.8. The number of rotatable bonds is 7. The van der Waals surface area contributed by atoms with Crippen LogP contribution in [0.5, 0.6) is 5.75 Å². The summed E-state index contributed by atoms with van der Waals surface area (Å²) in [6.07, 6.45) is 9.35. The summed E-state index contributed by atoms with van der Waals surface area (Å²) in [6, 6.07) is 12.3. The van der Waals surface area contributed by atoms with E-state index in [-0.39, 0.29) is 36.2 Å². The van der Waals surface area contributed by atoms with Gasteiger partial charge < -0.3 is 25.8 Å². The number of nitrogens with one attached hydrogen (secondary N) is 3. The minimum Gasteiger partial charge on any atom is -0.493 e. The highest BCUT2D eigenvalue weighted by Crippen LogP contribution is 2.49. The molecule has 4 N–H and O–H groups in total. The highest BCUT2D eigenvalue weighted by Gasteiger charge is 2.58. The topological polar surface area (TPSA) is 99.7 Å². The summed E-state index contributed by atoms with van der Waals surface area (Å²) in [5.74, 6) is 0.784. The van der Waals surface area contributed by atoms with Crippen LogP contribution < -0.4 is 20.7 Å². The zero-order valence-electron chi connectivity index (χ0n) is 23.6. The zero-order valence-corrected chi connectivity index (χ0v) is 23.6. The van der Waals surface area contributed by atoms with Crippen LogP contribution in [0.2, 0.25) is 0 Å². The summed E-state index contributed by atoms with van der Waals surface area (Å²) >= 11 is 0. The van der Waals surface area contributed by atoms with E-state index in [0.717, 1.165) is 19.3 Å². The van der Waals surface area contributed by atoms with Gasteiger partial charge in [-0.25, -0.2) is 4.39 Å². The van der Waals surface area contributed by atoms with Gasteiger partial charge in [-0.3, -0.25) is 9.59 Å². The fourth-order valence-corrected chi connectivity index (χ4v) is 6.09. The molecule has 0 aromatic heterocycles. The van der Waals surface area contributed by atoms with E-state index < -0.39 is 29.8 Å². The Kier molecular flexibility index (Phi) is 8.96. The summed E-state index contributed by atoms with van der Waals surface area (Å²) in [5, 5.41) is 20.9. The number of carbonyl (C=O) groups excluding carboxylic acids is 2. The van der Waals surface area contributed by atoms with Crippen LogP contribution in [-0.4, -0.2) is 48.8 Å². The van der Waals surface area contributed by atoms with Gasteiger partial charge in [0.05, 0.1) is 30.6 Å². The number of amides is 2. The molecule has 8 heteroatoms. The zero-order chi connectivity index (χ0) is 29.0. The summed E-state index contributed by atoms with van der Waals surface area (Å²) in [6.45, 7) is 3.21. The normalized spacial score (nSPS) is 26.4. The maximum absolute atomic E-state index is 14.5. The number of aliphatic hydroxyl groups excluding tert-OH is 1. The van der Waals surface area contributed by atoms with Crippen LogP contribution in [0.4, 0.5) is 4.39 Å². The Morgan fingerprint density at radius 1 is 1.17 bits per heavy atom. The van der Waals surface area contributed by atoms with Crippen LogP contribution in [0.15, 0.2) is 42.5 Å². The molecule has 2 amide bonds. The van der Waals surface area contributed by atoms with E-state index >= 15 is 0 Å². The molecule has 218 valence electrons. The molecule has 1 heterocycles. The van der Waals surface area contributed by atoms with Crippen molar-refractivity contribution in [2.24, 2.45) is 17.8 Å². The van der Waals surface area contributed by atoms with Crippen molar-refractivity contribution in [1.82, 2.24) is 16.0 Å². The second-order valence-electron chi connectivity index (χ2n) is 11.7. The average molecular weight is 562 g/mol. The van der Waals surface area contributed by atoms with Crippen LogP contribution in [0, 0.1) is 35.9 Å². The first-order valence-electron chi connectivity index (χ1n) is 14.8. The van der Waals surface area contributed by atoms with Crippen molar-refractivity contribution < 1.29 is 23.8 Å². The fourth-order valence-electron chi connectivity index (χ4n) is 6.09. The Morgan fingerprint density at radius 2 is 1.98 bits per heavy atom. The molecule has 1 aliphatic heterocycles. The third kappa shape index (κ3) is 6.91. The first kappa shape index (κ1) is 29.1. The number of fused-ring (bicyclic) bond motifs is 3. The summed E-state index contributed by atoms with van der Waals surface area (Å²) in [4.78, 5) is 26.4. The van der Waals surface area contributed by atoms with E-state index in [1.54, 1.807) is 6.07 Å². The number of aliphatic hydroxyl groups is 1. The van der Waals surface area contributed by atoms with Crippen molar-refractivity contribution in [2.45, 2.75) is 69.6 Å². The summed E-state index contributed by atoms with van der Waals surface area (Å²) in [5.41, 5.74) is 2.86. The Hall–Kier alpha value is -3.41. The van der Waals surface area contributed by atoms with Crippen LogP contribution in [0.3, 0.4) is 0 Å². The van der Waals surface area contributed by atoms with E-state index in [4.69, 9.17) is 11.2 Å². The van der Waals surface area contributed by atoms with Gasteiger partial charge in [0.1, 0.15) is 11.6 Å². The van der Waals surface area contributed by atoms with Gasteiger partial charge >= 0.3 is 0 Å². The largest absolute Gasteiger partial charge is 0.493 e. The van der Waals surface area contributed by atoms with Crippen molar-refractivity contribution in [1.29, 1.82) is 0 Å². The number of halogens is 1. The first-order valence-corrected chi connectivity index (χ1v) is 14.8. The monoisotopic (exact) mass is 561 g/mol. The minimum atomic E-state index is -0.964. The van der Waals surface area contributed by atoms with Gasteiger partial charge in [0.2, 0.25) is 11.8 Å². The molecule has 5 unspecified atom stereocenters. The maximum atomic E-state index is 14.5.